The van der Waals surface area contributed by atoms with Gasteiger partial charge in [-0.15, -0.1) is 0 Å². The molecule has 2 unspecified atom stereocenters. The van der Waals surface area contributed by atoms with Gasteiger partial charge in [-0.25, -0.2) is 4.98 Å². The van der Waals surface area contributed by atoms with E-state index in [0.717, 1.165) is 44.1 Å². The molecular formula is C11H16N2O2. The van der Waals surface area contributed by atoms with E-state index >= 15 is 0 Å². The lowest BCUT2D eigenvalue weighted by Gasteiger charge is -2.18. The van der Waals surface area contributed by atoms with Crippen molar-refractivity contribution in [2.75, 3.05) is 13.2 Å². The zero-order chi connectivity index (χ0) is 10.3. The minimum absolute atomic E-state index is 0.201. The smallest absolute Gasteiger partial charge is 0.111 e. The number of fused-ring (bicyclic) bond motifs is 1. The van der Waals surface area contributed by atoms with E-state index in [9.17, 15) is 5.11 Å². The Kier molecular flexibility index (Phi) is 2.25. The molecule has 2 aliphatic rings. The molecule has 0 saturated carbocycles. The van der Waals surface area contributed by atoms with Crippen molar-refractivity contribution in [3.05, 3.63) is 17.7 Å². The highest BCUT2D eigenvalue weighted by atomic mass is 16.5. The lowest BCUT2D eigenvalue weighted by molar-refractivity contribution is 0.141. The second-order valence-corrected chi connectivity index (χ2v) is 4.48. The van der Waals surface area contributed by atoms with E-state index < -0.39 is 0 Å². The quantitative estimate of drug-likeness (QED) is 0.738. The van der Waals surface area contributed by atoms with Gasteiger partial charge in [0.1, 0.15) is 5.82 Å². The highest BCUT2D eigenvalue weighted by Crippen LogP contribution is 2.26. The Morgan fingerprint density at radius 1 is 1.47 bits per heavy atom. The third-order valence-electron chi connectivity index (χ3n) is 3.35. The molecule has 2 atom stereocenters. The van der Waals surface area contributed by atoms with Crippen LogP contribution in [-0.4, -0.2) is 34.0 Å². The zero-order valence-electron chi connectivity index (χ0n) is 8.72. The summed E-state index contributed by atoms with van der Waals surface area (Å²) >= 11 is 0. The van der Waals surface area contributed by atoms with E-state index in [1.165, 1.54) is 0 Å². The maximum atomic E-state index is 9.55. The molecular weight excluding hydrogens is 192 g/mol. The summed E-state index contributed by atoms with van der Waals surface area (Å²) in [5.74, 6) is 1.51. The van der Waals surface area contributed by atoms with Gasteiger partial charge < -0.3 is 14.4 Å². The molecule has 0 amide bonds. The van der Waals surface area contributed by atoms with E-state index in [-0.39, 0.29) is 6.10 Å². The molecule has 0 spiro atoms. The van der Waals surface area contributed by atoms with Crippen LogP contribution in [0.2, 0.25) is 0 Å². The summed E-state index contributed by atoms with van der Waals surface area (Å²) in [5.41, 5.74) is 1.15. The molecule has 0 bridgehead atoms. The van der Waals surface area contributed by atoms with E-state index in [1.54, 1.807) is 0 Å². The number of hydrogen-bond donors (Lipinski definition) is 1. The number of imidazole rings is 1. The highest BCUT2D eigenvalue weighted by Gasteiger charge is 2.24. The van der Waals surface area contributed by atoms with Crippen molar-refractivity contribution in [2.45, 2.75) is 37.8 Å². The summed E-state index contributed by atoms with van der Waals surface area (Å²) in [7, 11) is 0. The average molecular weight is 208 g/mol. The molecule has 1 saturated heterocycles. The molecule has 15 heavy (non-hydrogen) atoms. The van der Waals surface area contributed by atoms with Gasteiger partial charge in [-0.05, 0) is 12.8 Å². The molecule has 1 fully saturated rings. The molecule has 1 N–H and O–H groups in total. The molecule has 4 heteroatoms. The summed E-state index contributed by atoms with van der Waals surface area (Å²) in [6, 6.07) is 0. The molecule has 0 aromatic carbocycles. The van der Waals surface area contributed by atoms with Crippen LogP contribution in [0.4, 0.5) is 0 Å². The number of ether oxygens (including phenoxy) is 1. The summed E-state index contributed by atoms with van der Waals surface area (Å²) in [6.45, 7) is 2.56. The van der Waals surface area contributed by atoms with Gasteiger partial charge in [0.15, 0.2) is 0 Å². The topological polar surface area (TPSA) is 47.3 Å². The van der Waals surface area contributed by atoms with Gasteiger partial charge in [0.25, 0.3) is 0 Å². The number of rotatable bonds is 1. The van der Waals surface area contributed by atoms with Gasteiger partial charge in [-0.3, -0.25) is 0 Å². The van der Waals surface area contributed by atoms with E-state index in [1.807, 2.05) is 0 Å². The van der Waals surface area contributed by atoms with Crippen LogP contribution in [0.15, 0.2) is 6.20 Å². The van der Waals surface area contributed by atoms with Crippen LogP contribution in [0.3, 0.4) is 0 Å². The minimum Gasteiger partial charge on any atom is -0.393 e. The van der Waals surface area contributed by atoms with Crippen molar-refractivity contribution in [1.82, 2.24) is 9.55 Å². The van der Waals surface area contributed by atoms with Crippen LogP contribution >= 0.6 is 0 Å². The van der Waals surface area contributed by atoms with Crippen LogP contribution in [0.25, 0.3) is 0 Å². The average Bonchev–Trinajstić information content (AvgIpc) is 2.84. The molecule has 4 nitrogen and oxygen atoms in total. The summed E-state index contributed by atoms with van der Waals surface area (Å²) in [5, 5.41) is 9.55. The summed E-state index contributed by atoms with van der Waals surface area (Å²) in [6.07, 6.45) is 4.57. The number of hydrogen-bond acceptors (Lipinski definition) is 3. The Morgan fingerprint density at radius 3 is 3.20 bits per heavy atom. The molecule has 1 aromatic heterocycles. The minimum atomic E-state index is -0.201. The number of nitrogens with zero attached hydrogens (tertiary/aromatic N) is 2. The Bertz CT molecular complexity index is 355. The fraction of sp³-hybridized carbons (Fsp3) is 0.727. The van der Waals surface area contributed by atoms with Crippen molar-refractivity contribution in [3.63, 3.8) is 0 Å². The third kappa shape index (κ3) is 1.68. The van der Waals surface area contributed by atoms with E-state index in [0.29, 0.717) is 12.3 Å². The predicted octanol–water partition coefficient (Wildman–Crippen LogP) is 0.694. The van der Waals surface area contributed by atoms with Crippen LogP contribution in [-0.2, 0) is 17.7 Å². The summed E-state index contributed by atoms with van der Waals surface area (Å²) < 4.78 is 7.55. The lowest BCUT2D eigenvalue weighted by atomic mass is 10.1. The first-order valence-corrected chi connectivity index (χ1v) is 5.64. The molecule has 82 valence electrons. The molecule has 3 heterocycles. The van der Waals surface area contributed by atoms with Gasteiger partial charge in [0.05, 0.1) is 18.4 Å². The van der Waals surface area contributed by atoms with Gasteiger partial charge in [-0.2, -0.15) is 0 Å². The third-order valence-corrected chi connectivity index (χ3v) is 3.35. The maximum Gasteiger partial charge on any atom is 0.111 e. The monoisotopic (exact) mass is 208 g/mol. The molecule has 3 rings (SSSR count). The Labute approximate surface area is 88.9 Å². The zero-order valence-corrected chi connectivity index (χ0v) is 8.72. The molecule has 0 aliphatic carbocycles. The maximum absolute atomic E-state index is 9.55. The van der Waals surface area contributed by atoms with Crippen molar-refractivity contribution < 1.29 is 9.84 Å². The Hall–Kier alpha value is -0.870. The van der Waals surface area contributed by atoms with E-state index in [2.05, 4.69) is 15.7 Å². The second-order valence-electron chi connectivity index (χ2n) is 4.48. The Balaban J connectivity index is 1.85. The standard InChI is InChI=1S/C11H16N2O2/c14-9-1-3-13-6-10(12-11(13)5-9)8-2-4-15-7-8/h6,8-9,14H,1-5,7H2. The Morgan fingerprint density at radius 2 is 2.40 bits per heavy atom. The fourth-order valence-electron chi connectivity index (χ4n) is 2.40. The van der Waals surface area contributed by atoms with Gasteiger partial charge in [0, 0.05) is 31.7 Å². The van der Waals surface area contributed by atoms with E-state index in [4.69, 9.17) is 4.74 Å². The summed E-state index contributed by atoms with van der Waals surface area (Å²) in [4.78, 5) is 4.61. The number of aromatic nitrogens is 2. The van der Waals surface area contributed by atoms with Crippen LogP contribution < -0.4 is 0 Å². The van der Waals surface area contributed by atoms with Crippen LogP contribution in [0, 0.1) is 0 Å². The van der Waals surface area contributed by atoms with Crippen LogP contribution in [0.1, 0.15) is 30.3 Å². The van der Waals surface area contributed by atoms with Crippen LogP contribution in [0.5, 0.6) is 0 Å². The van der Waals surface area contributed by atoms with Crippen molar-refractivity contribution >= 4 is 0 Å². The largest absolute Gasteiger partial charge is 0.393 e. The highest BCUT2D eigenvalue weighted by molar-refractivity contribution is 5.13. The van der Waals surface area contributed by atoms with Crippen molar-refractivity contribution in [2.24, 2.45) is 0 Å². The first-order chi connectivity index (χ1) is 7.33. The first-order valence-electron chi connectivity index (χ1n) is 5.64. The molecule has 1 aromatic rings. The predicted molar refractivity (Wildman–Crippen MR) is 54.7 cm³/mol. The molecule has 0 radical (unpaired) electrons. The van der Waals surface area contributed by atoms with Crippen molar-refractivity contribution in [1.29, 1.82) is 0 Å². The number of aliphatic hydroxyl groups excluding tert-OH is 1. The number of aryl methyl sites for hydroxylation is 1. The van der Waals surface area contributed by atoms with Gasteiger partial charge in [-0.1, -0.05) is 0 Å². The number of aliphatic hydroxyl groups is 1. The fourth-order valence-corrected chi connectivity index (χ4v) is 2.40. The second kappa shape index (κ2) is 3.61. The van der Waals surface area contributed by atoms with Crippen molar-refractivity contribution in [3.8, 4) is 0 Å². The van der Waals surface area contributed by atoms with Gasteiger partial charge in [0.2, 0.25) is 0 Å². The lowest BCUT2D eigenvalue weighted by Crippen LogP contribution is -2.22. The normalized spacial score (nSPS) is 30.5. The van der Waals surface area contributed by atoms with Gasteiger partial charge >= 0.3 is 0 Å². The molecule has 2 aliphatic heterocycles. The first kappa shape index (κ1) is 9.36. The SMILES string of the molecule is OC1CCn2cc(C3CCOC3)nc2C1.